The average molecular weight is 392 g/mol. The molecule has 0 heterocycles. The molecule has 0 saturated heterocycles. The van der Waals surface area contributed by atoms with Crippen molar-refractivity contribution in [1.29, 1.82) is 0 Å². The molecule has 0 aliphatic heterocycles. The van der Waals surface area contributed by atoms with Gasteiger partial charge in [-0.3, -0.25) is 14.5 Å². The van der Waals surface area contributed by atoms with Crippen LogP contribution < -0.4 is 10.6 Å². The van der Waals surface area contributed by atoms with Crippen LogP contribution in [0.3, 0.4) is 0 Å². The molecule has 27 heavy (non-hydrogen) atoms. The molecule has 144 valence electrons. The van der Waals surface area contributed by atoms with Gasteiger partial charge in [-0.2, -0.15) is 0 Å². The number of nitrogens with zero attached hydrogens (tertiary/aromatic N) is 1. The smallest absolute Gasteiger partial charge is 0.241 e. The lowest BCUT2D eigenvalue weighted by atomic mass is 10.1. The van der Waals surface area contributed by atoms with Gasteiger partial charge in [-0.1, -0.05) is 29.8 Å². The van der Waals surface area contributed by atoms with Crippen molar-refractivity contribution >= 4 is 34.8 Å². The number of hydrogen-bond acceptors (Lipinski definition) is 3. The molecule has 2 aromatic carbocycles. The van der Waals surface area contributed by atoms with Crippen LogP contribution in [0, 0.1) is 19.7 Å². The van der Waals surface area contributed by atoms with Crippen LogP contribution in [0.1, 0.15) is 18.1 Å². The molecule has 0 radical (unpaired) electrons. The highest BCUT2D eigenvalue weighted by Crippen LogP contribution is 2.23. The first-order chi connectivity index (χ1) is 12.7. The van der Waals surface area contributed by atoms with E-state index in [1.807, 2.05) is 32.0 Å². The number of amides is 2. The molecule has 0 aliphatic rings. The fourth-order valence-corrected chi connectivity index (χ4v) is 2.80. The van der Waals surface area contributed by atoms with Gasteiger partial charge in [-0.25, -0.2) is 4.39 Å². The second-order valence-electron chi connectivity index (χ2n) is 6.52. The molecule has 0 aliphatic carbocycles. The van der Waals surface area contributed by atoms with Crippen molar-refractivity contribution in [2.75, 3.05) is 24.2 Å². The number of nitrogens with one attached hydrogen (secondary N) is 2. The van der Waals surface area contributed by atoms with Gasteiger partial charge in [0.05, 0.1) is 23.3 Å². The van der Waals surface area contributed by atoms with Crippen LogP contribution in [0.25, 0.3) is 0 Å². The second-order valence-corrected chi connectivity index (χ2v) is 6.93. The minimum absolute atomic E-state index is 0.0412. The maximum absolute atomic E-state index is 13.1. The third kappa shape index (κ3) is 5.52. The predicted octanol–water partition coefficient (Wildman–Crippen LogP) is 3.99. The monoisotopic (exact) mass is 391 g/mol. The molecule has 2 rings (SSSR count). The molecule has 0 spiro atoms. The lowest BCUT2D eigenvalue weighted by Crippen LogP contribution is -2.43. The Morgan fingerprint density at radius 2 is 1.78 bits per heavy atom. The van der Waals surface area contributed by atoms with Crippen LogP contribution in [-0.4, -0.2) is 36.3 Å². The topological polar surface area (TPSA) is 61.4 Å². The molecule has 0 bridgehead atoms. The van der Waals surface area contributed by atoms with Crippen LogP contribution in [0.15, 0.2) is 36.4 Å². The second kappa shape index (κ2) is 8.97. The van der Waals surface area contributed by atoms with E-state index in [0.29, 0.717) is 5.69 Å². The Morgan fingerprint density at radius 3 is 2.37 bits per heavy atom. The number of anilines is 2. The predicted molar refractivity (Wildman–Crippen MR) is 107 cm³/mol. The first-order valence-corrected chi connectivity index (χ1v) is 8.89. The Morgan fingerprint density at radius 1 is 1.15 bits per heavy atom. The number of hydrogen-bond donors (Lipinski definition) is 2. The highest BCUT2D eigenvalue weighted by molar-refractivity contribution is 6.33. The van der Waals surface area contributed by atoms with Crippen LogP contribution in [0.5, 0.6) is 0 Å². The first-order valence-electron chi connectivity index (χ1n) is 8.51. The highest BCUT2D eigenvalue weighted by atomic mass is 35.5. The van der Waals surface area contributed by atoms with Gasteiger partial charge in [-0.15, -0.1) is 0 Å². The maximum Gasteiger partial charge on any atom is 0.241 e. The molecule has 1 atom stereocenters. The number of benzene rings is 2. The van der Waals surface area contributed by atoms with E-state index in [-0.39, 0.29) is 23.4 Å². The van der Waals surface area contributed by atoms with Crippen molar-refractivity contribution in [2.45, 2.75) is 26.8 Å². The number of para-hydroxylation sites is 1. The lowest BCUT2D eigenvalue weighted by molar-refractivity contribution is -0.122. The van der Waals surface area contributed by atoms with E-state index in [2.05, 4.69) is 10.6 Å². The molecule has 2 N–H and O–H groups in total. The minimum atomic E-state index is -0.588. The van der Waals surface area contributed by atoms with Crippen molar-refractivity contribution in [3.05, 3.63) is 58.4 Å². The first kappa shape index (κ1) is 20.9. The zero-order valence-corrected chi connectivity index (χ0v) is 16.5. The van der Waals surface area contributed by atoms with Gasteiger partial charge in [0.2, 0.25) is 11.8 Å². The Balaban J connectivity index is 1.96. The van der Waals surface area contributed by atoms with Gasteiger partial charge in [0.25, 0.3) is 0 Å². The minimum Gasteiger partial charge on any atom is -0.324 e. The van der Waals surface area contributed by atoms with Crippen LogP contribution >= 0.6 is 11.6 Å². The van der Waals surface area contributed by atoms with Crippen LogP contribution in [0.4, 0.5) is 15.8 Å². The quantitative estimate of drug-likeness (QED) is 0.782. The summed E-state index contributed by atoms with van der Waals surface area (Å²) in [7, 11) is 1.68. The summed E-state index contributed by atoms with van der Waals surface area (Å²) in [5.74, 6) is -1.04. The van der Waals surface area contributed by atoms with Crippen molar-refractivity contribution in [3.8, 4) is 0 Å². The van der Waals surface area contributed by atoms with Crippen LogP contribution in [-0.2, 0) is 9.59 Å². The summed E-state index contributed by atoms with van der Waals surface area (Å²) in [6, 6.07) is 8.94. The number of halogens is 2. The maximum atomic E-state index is 13.1. The fourth-order valence-electron chi connectivity index (χ4n) is 2.58. The molecular weight excluding hydrogens is 369 g/mol. The molecular formula is C20H23ClFN3O2. The van der Waals surface area contributed by atoms with E-state index in [4.69, 9.17) is 11.6 Å². The molecule has 2 aromatic rings. The van der Waals surface area contributed by atoms with Crippen molar-refractivity contribution in [2.24, 2.45) is 0 Å². The van der Waals surface area contributed by atoms with Gasteiger partial charge in [0.15, 0.2) is 0 Å². The summed E-state index contributed by atoms with van der Waals surface area (Å²) in [6.45, 7) is 5.57. The average Bonchev–Trinajstić information content (AvgIpc) is 2.60. The van der Waals surface area contributed by atoms with Gasteiger partial charge in [-0.05, 0) is 57.1 Å². The molecule has 0 saturated carbocycles. The van der Waals surface area contributed by atoms with Crippen LogP contribution in [0.2, 0.25) is 5.02 Å². The molecule has 5 nitrogen and oxygen atoms in total. The standard InChI is InChI=1S/C20H23ClFN3O2/c1-12-6-5-7-13(2)19(12)24-18(26)11-25(4)14(3)20(27)23-17-9-8-15(22)10-16(17)21/h5-10,14H,11H2,1-4H3,(H,23,27)(H,24,26)/t14-/m1/s1. The molecule has 2 amide bonds. The highest BCUT2D eigenvalue weighted by Gasteiger charge is 2.21. The summed E-state index contributed by atoms with van der Waals surface area (Å²) in [5, 5.41) is 5.66. The number of likely N-dealkylation sites (N-methyl/N-ethyl adjacent to an activating group) is 1. The number of carbonyl (C=O) groups excluding carboxylic acids is 2. The molecule has 0 fully saturated rings. The Kier molecular flexibility index (Phi) is 6.93. The van der Waals surface area contributed by atoms with Gasteiger partial charge in [0, 0.05) is 5.69 Å². The van der Waals surface area contributed by atoms with Gasteiger partial charge >= 0.3 is 0 Å². The summed E-state index contributed by atoms with van der Waals surface area (Å²) in [5.41, 5.74) is 3.06. The van der Waals surface area contributed by atoms with E-state index >= 15 is 0 Å². The molecule has 0 aromatic heterocycles. The van der Waals surface area contributed by atoms with Crippen molar-refractivity contribution in [1.82, 2.24) is 4.90 Å². The third-order valence-corrected chi connectivity index (χ3v) is 4.68. The lowest BCUT2D eigenvalue weighted by Gasteiger charge is -2.24. The van der Waals surface area contributed by atoms with Gasteiger partial charge < -0.3 is 10.6 Å². The number of rotatable bonds is 6. The molecule has 7 heteroatoms. The fraction of sp³-hybridized carbons (Fsp3) is 0.300. The summed E-state index contributed by atoms with van der Waals surface area (Å²) in [4.78, 5) is 26.4. The van der Waals surface area contributed by atoms with Crippen molar-refractivity contribution < 1.29 is 14.0 Å². The summed E-state index contributed by atoms with van der Waals surface area (Å²) in [6.07, 6.45) is 0. The van der Waals surface area contributed by atoms with Gasteiger partial charge in [0.1, 0.15) is 5.82 Å². The van der Waals surface area contributed by atoms with E-state index < -0.39 is 11.9 Å². The SMILES string of the molecule is Cc1cccc(C)c1NC(=O)CN(C)[C@H](C)C(=O)Nc1ccc(F)cc1Cl. The summed E-state index contributed by atoms with van der Waals surface area (Å²) < 4.78 is 13.1. The normalized spacial score (nSPS) is 12.0. The zero-order valence-electron chi connectivity index (χ0n) is 15.8. The Labute approximate surface area is 163 Å². The Hall–Kier alpha value is -2.44. The van der Waals surface area contributed by atoms with E-state index in [0.717, 1.165) is 22.9 Å². The van der Waals surface area contributed by atoms with E-state index in [9.17, 15) is 14.0 Å². The molecule has 0 unspecified atom stereocenters. The largest absolute Gasteiger partial charge is 0.324 e. The number of carbonyl (C=O) groups is 2. The third-order valence-electron chi connectivity index (χ3n) is 4.37. The van der Waals surface area contributed by atoms with Crippen molar-refractivity contribution in [3.63, 3.8) is 0 Å². The zero-order chi connectivity index (χ0) is 20.1. The summed E-state index contributed by atoms with van der Waals surface area (Å²) >= 11 is 5.93. The van der Waals surface area contributed by atoms with E-state index in [1.165, 1.54) is 12.1 Å². The number of aryl methyl sites for hydroxylation is 2. The van der Waals surface area contributed by atoms with E-state index in [1.54, 1.807) is 18.9 Å². The Bertz CT molecular complexity index is 837.